The van der Waals surface area contributed by atoms with Crippen molar-refractivity contribution in [3.8, 4) is 0 Å². The lowest BCUT2D eigenvalue weighted by molar-refractivity contribution is -0.161. The van der Waals surface area contributed by atoms with Gasteiger partial charge in [-0.1, -0.05) is 319 Å². The van der Waals surface area contributed by atoms with Gasteiger partial charge in [0.15, 0.2) is 12.2 Å². The molecule has 0 aromatic carbocycles. The number of carbonyl (C=O) groups excluding carboxylic acids is 4. The molecular weight excluding hydrogens is 1400 g/mol. The third-order valence-electron chi connectivity index (χ3n) is 16.4. The van der Waals surface area contributed by atoms with Crippen molar-refractivity contribution in [3.05, 3.63) is 182 Å². The molecule has 5 unspecified atom stereocenters. The van der Waals surface area contributed by atoms with E-state index in [0.717, 1.165) is 141 Å². The summed E-state index contributed by atoms with van der Waals surface area (Å²) in [6.07, 6.45) is 96.1. The second-order valence-electron chi connectivity index (χ2n) is 26.6. The number of esters is 4. The number of ether oxygens (including phenoxy) is 4. The molecule has 19 heteroatoms. The fraction of sp³-hybridized carbons (Fsp3) is 0.618. The molecule has 0 aromatic heterocycles. The number of aliphatic hydroxyl groups excluding tert-OH is 1. The van der Waals surface area contributed by atoms with Crippen LogP contribution in [0, 0.1) is 0 Å². The van der Waals surface area contributed by atoms with Crippen LogP contribution in [-0.4, -0.2) is 96.7 Å². The van der Waals surface area contributed by atoms with Gasteiger partial charge in [-0.15, -0.1) is 0 Å². The van der Waals surface area contributed by atoms with Crippen molar-refractivity contribution in [1.29, 1.82) is 0 Å². The van der Waals surface area contributed by atoms with Crippen LogP contribution in [0.1, 0.15) is 297 Å². The van der Waals surface area contributed by atoms with E-state index >= 15 is 0 Å². The van der Waals surface area contributed by atoms with Crippen molar-refractivity contribution in [3.63, 3.8) is 0 Å². The standard InChI is InChI=1S/C89H144O17P2/c1-5-9-13-17-21-25-29-33-37-39-41-43-47-49-53-57-61-65-69-73-86(91)99-79-84(105-88(93)75-71-67-63-59-55-51-45-35-31-27-23-19-15-11-7-3)81-103-107(95,96)101-77-83(90)78-102-108(97,98)104-82-85(106-89(94)76-72-68-64-60-56-52-46-36-32-28-24-20-16-12-8-4)80-100-87(92)74-70-66-62-58-54-50-48-44-42-40-38-34-30-26-22-18-14-10-6-2/h9-11,13-15,21-23,25-27,33-35,37-38,41-45,49-50,53-54,61-62,65-66,83-85,90H,5-8,12,16-20,24,28-32,36,39-40,46-48,51-52,55-60,63-64,67-82H2,1-4H3,(H,95,96)(H,97,98)/b13-9-,14-10-,15-11-,25-21-,26-22-,27-23-,37-33-,38-34-,43-41-,44-42-,45-35-,53-49-,54-50-,65-61-,66-62-. The quantitative estimate of drug-likeness (QED) is 0.0169. The Kier molecular flexibility index (Phi) is 75.0. The van der Waals surface area contributed by atoms with Crippen LogP contribution in [0.4, 0.5) is 0 Å². The zero-order valence-corrected chi connectivity index (χ0v) is 68.7. The summed E-state index contributed by atoms with van der Waals surface area (Å²) in [5, 5.41) is 10.7. The zero-order valence-electron chi connectivity index (χ0n) is 66.9. The summed E-state index contributed by atoms with van der Waals surface area (Å²) in [6, 6.07) is 0. The van der Waals surface area contributed by atoms with Gasteiger partial charge in [0.05, 0.1) is 26.4 Å². The van der Waals surface area contributed by atoms with E-state index in [1.54, 1.807) is 0 Å². The number of phosphoric ester groups is 2. The molecule has 17 nitrogen and oxygen atoms in total. The molecule has 0 radical (unpaired) electrons. The minimum atomic E-state index is -5.01. The number of unbranched alkanes of at least 4 members (excludes halogenated alkanes) is 19. The minimum absolute atomic E-state index is 0.0246. The van der Waals surface area contributed by atoms with Crippen LogP contribution in [0.25, 0.3) is 0 Å². The monoisotopic (exact) mass is 1550 g/mol. The lowest BCUT2D eigenvalue weighted by Gasteiger charge is -2.21. The largest absolute Gasteiger partial charge is 0.472 e. The SMILES string of the molecule is CC/C=C\C/C=C\C/C=C\C/C=C\C/C=C\C/C=C\CCC(=O)OCC(COP(=O)(O)OCC(O)COP(=O)(O)OCC(COC(=O)CC/C=C\C/C=C\C/C=C\C/C=C\C/C=C\C/C=C\CC)OC(=O)CCCCCCCCCCCCCCCCC)OC(=O)CCCCCCC/C=C\C/C=C\C/C=C\CC. The van der Waals surface area contributed by atoms with Gasteiger partial charge in [-0.3, -0.25) is 37.3 Å². The smallest absolute Gasteiger partial charge is 0.462 e. The highest BCUT2D eigenvalue weighted by molar-refractivity contribution is 7.47. The van der Waals surface area contributed by atoms with Gasteiger partial charge in [0.25, 0.3) is 0 Å². The van der Waals surface area contributed by atoms with Crippen molar-refractivity contribution in [2.75, 3.05) is 39.6 Å². The first kappa shape index (κ1) is 102. The van der Waals surface area contributed by atoms with Crippen LogP contribution in [0.15, 0.2) is 182 Å². The van der Waals surface area contributed by atoms with Gasteiger partial charge in [0.2, 0.25) is 0 Å². The Hall–Kier alpha value is -5.84. The van der Waals surface area contributed by atoms with E-state index in [-0.39, 0.29) is 25.7 Å². The second-order valence-corrected chi connectivity index (χ2v) is 29.5. The number of hydrogen-bond acceptors (Lipinski definition) is 15. The normalized spacial score (nSPS) is 14.8. The van der Waals surface area contributed by atoms with Crippen LogP contribution in [0.5, 0.6) is 0 Å². The Morgan fingerprint density at radius 2 is 0.500 bits per heavy atom. The van der Waals surface area contributed by atoms with Crippen LogP contribution in [0.3, 0.4) is 0 Å². The highest BCUT2D eigenvalue weighted by atomic mass is 31.2. The molecule has 0 fully saturated rings. The van der Waals surface area contributed by atoms with Gasteiger partial charge in [0.1, 0.15) is 19.3 Å². The average Bonchev–Trinajstić information content (AvgIpc) is 0.923. The Bertz CT molecular complexity index is 2760. The molecule has 0 aliphatic carbocycles. The molecule has 0 rings (SSSR count). The third kappa shape index (κ3) is 78.3. The molecule has 0 saturated carbocycles. The first-order valence-electron chi connectivity index (χ1n) is 41.0. The molecule has 0 amide bonds. The average molecular weight is 1550 g/mol. The minimum Gasteiger partial charge on any atom is -0.462 e. The highest BCUT2D eigenvalue weighted by Gasteiger charge is 2.30. The predicted octanol–water partition coefficient (Wildman–Crippen LogP) is 24.3. The molecule has 0 saturated heterocycles. The van der Waals surface area contributed by atoms with Gasteiger partial charge in [-0.25, -0.2) is 9.13 Å². The number of carbonyl (C=O) groups is 4. The Labute approximate surface area is 654 Å². The molecule has 5 atom stereocenters. The van der Waals surface area contributed by atoms with Crippen LogP contribution in [-0.2, 0) is 65.4 Å². The Morgan fingerprint density at radius 3 is 0.778 bits per heavy atom. The molecular formula is C89H144O17P2. The number of rotatable bonds is 75. The van der Waals surface area contributed by atoms with E-state index in [1.165, 1.54) is 64.2 Å². The predicted molar refractivity (Wildman–Crippen MR) is 445 cm³/mol. The molecule has 0 aliphatic heterocycles. The lowest BCUT2D eigenvalue weighted by Crippen LogP contribution is -2.30. The maximum atomic E-state index is 13.1. The molecule has 612 valence electrons. The van der Waals surface area contributed by atoms with E-state index in [9.17, 15) is 43.2 Å². The summed E-state index contributed by atoms with van der Waals surface area (Å²) in [7, 11) is -10.0. The first-order valence-corrected chi connectivity index (χ1v) is 44.0. The molecule has 0 aliphatic rings. The fourth-order valence-corrected chi connectivity index (χ4v) is 11.9. The van der Waals surface area contributed by atoms with Gasteiger partial charge < -0.3 is 33.8 Å². The van der Waals surface area contributed by atoms with Crippen LogP contribution in [0.2, 0.25) is 0 Å². The molecule has 0 heterocycles. The van der Waals surface area contributed by atoms with Crippen LogP contribution >= 0.6 is 15.6 Å². The molecule has 3 N–H and O–H groups in total. The summed E-state index contributed by atoms with van der Waals surface area (Å²) in [6.45, 7) is 4.35. The summed E-state index contributed by atoms with van der Waals surface area (Å²) in [5.74, 6) is -2.40. The van der Waals surface area contributed by atoms with Crippen LogP contribution < -0.4 is 0 Å². The summed E-state index contributed by atoms with van der Waals surface area (Å²) in [4.78, 5) is 73.1. The summed E-state index contributed by atoms with van der Waals surface area (Å²) in [5.41, 5.74) is 0. The summed E-state index contributed by atoms with van der Waals surface area (Å²) < 4.78 is 68.5. The van der Waals surface area contributed by atoms with Crippen molar-refractivity contribution >= 4 is 39.5 Å². The maximum absolute atomic E-state index is 13.1. The lowest BCUT2D eigenvalue weighted by atomic mass is 10.0. The first-order chi connectivity index (χ1) is 52.7. The molecule has 0 bridgehead atoms. The van der Waals surface area contributed by atoms with Crippen molar-refractivity contribution < 1.29 is 80.2 Å². The number of aliphatic hydroxyl groups is 1. The molecule has 108 heavy (non-hydrogen) atoms. The van der Waals surface area contributed by atoms with Crippen molar-refractivity contribution in [2.24, 2.45) is 0 Å². The molecule has 0 aromatic rings. The maximum Gasteiger partial charge on any atom is 0.472 e. The van der Waals surface area contributed by atoms with E-state index in [1.807, 2.05) is 36.5 Å². The fourth-order valence-electron chi connectivity index (χ4n) is 10.3. The topological polar surface area (TPSA) is 237 Å². The number of hydrogen-bond donors (Lipinski definition) is 3. The van der Waals surface area contributed by atoms with Gasteiger partial charge >= 0.3 is 39.5 Å². The number of allylic oxidation sites excluding steroid dienone is 30. The van der Waals surface area contributed by atoms with E-state index in [4.69, 9.17) is 37.0 Å². The van der Waals surface area contributed by atoms with E-state index < -0.39 is 97.5 Å². The van der Waals surface area contributed by atoms with Crippen molar-refractivity contribution in [1.82, 2.24) is 0 Å². The Balaban J connectivity index is 5.51. The molecule has 0 spiro atoms. The number of phosphoric acid groups is 2. The van der Waals surface area contributed by atoms with E-state index in [0.29, 0.717) is 38.5 Å². The van der Waals surface area contributed by atoms with Gasteiger partial charge in [-0.2, -0.15) is 0 Å². The second kappa shape index (κ2) is 79.3. The third-order valence-corrected chi connectivity index (χ3v) is 18.3. The van der Waals surface area contributed by atoms with Gasteiger partial charge in [-0.05, 0) is 135 Å². The Morgan fingerprint density at radius 1 is 0.269 bits per heavy atom. The van der Waals surface area contributed by atoms with E-state index in [2.05, 4.69) is 174 Å². The zero-order chi connectivity index (χ0) is 78.9. The highest BCUT2D eigenvalue weighted by Crippen LogP contribution is 2.45. The summed E-state index contributed by atoms with van der Waals surface area (Å²) >= 11 is 0. The van der Waals surface area contributed by atoms with Crippen molar-refractivity contribution in [2.45, 2.75) is 316 Å². The van der Waals surface area contributed by atoms with Gasteiger partial charge in [0, 0.05) is 25.7 Å².